The van der Waals surface area contributed by atoms with Crippen molar-refractivity contribution in [2.45, 2.75) is 19.0 Å². The second-order valence-electron chi connectivity index (χ2n) is 5.76. The van der Waals surface area contributed by atoms with Crippen molar-refractivity contribution < 1.29 is 9.53 Å². The molecule has 2 aromatic rings. The summed E-state index contributed by atoms with van der Waals surface area (Å²) in [5.74, 6) is 0.835. The van der Waals surface area contributed by atoms with Gasteiger partial charge in [-0.25, -0.2) is 0 Å². The lowest BCUT2D eigenvalue weighted by Crippen LogP contribution is -2.48. The van der Waals surface area contributed by atoms with Crippen molar-refractivity contribution in [1.82, 2.24) is 5.32 Å². The van der Waals surface area contributed by atoms with E-state index in [9.17, 15) is 4.79 Å². The Labute approximate surface area is 129 Å². The van der Waals surface area contributed by atoms with Crippen molar-refractivity contribution in [1.29, 1.82) is 0 Å². The minimum absolute atomic E-state index is 0.0100. The maximum Gasteiger partial charge on any atom is 0.255 e. The molecule has 2 aliphatic rings. The number of carbonyl (C=O) groups is 1. The van der Waals surface area contributed by atoms with Gasteiger partial charge in [-0.1, -0.05) is 24.3 Å². The molecule has 2 aromatic carbocycles. The second-order valence-corrected chi connectivity index (χ2v) is 5.76. The van der Waals surface area contributed by atoms with E-state index < -0.39 is 0 Å². The molecule has 0 aromatic heterocycles. The Morgan fingerprint density at radius 2 is 2.00 bits per heavy atom. The minimum Gasteiger partial charge on any atom is -0.497 e. The number of ether oxygens (including phenoxy) is 1. The van der Waals surface area contributed by atoms with Gasteiger partial charge >= 0.3 is 0 Å². The highest BCUT2D eigenvalue weighted by Gasteiger charge is 2.34. The monoisotopic (exact) mass is 294 g/mol. The normalized spacial score (nSPS) is 19.4. The first-order chi connectivity index (χ1) is 10.8. The smallest absolute Gasteiger partial charge is 0.255 e. The average molecular weight is 294 g/mol. The van der Waals surface area contributed by atoms with Gasteiger partial charge in [-0.2, -0.15) is 0 Å². The van der Waals surface area contributed by atoms with E-state index in [1.165, 1.54) is 5.56 Å². The largest absolute Gasteiger partial charge is 0.497 e. The number of nitrogens with one attached hydrogen (secondary N) is 1. The fourth-order valence-corrected chi connectivity index (χ4v) is 3.45. The predicted octanol–water partition coefficient (Wildman–Crippen LogP) is 2.89. The van der Waals surface area contributed by atoms with Crippen LogP contribution in [-0.2, 0) is 6.42 Å². The zero-order chi connectivity index (χ0) is 15.1. The molecule has 0 radical (unpaired) electrons. The highest BCUT2D eigenvalue weighted by atomic mass is 16.5. The van der Waals surface area contributed by atoms with E-state index in [1.54, 1.807) is 7.11 Å². The molecule has 0 bridgehead atoms. The van der Waals surface area contributed by atoms with E-state index in [1.807, 2.05) is 36.4 Å². The molecule has 2 heterocycles. The number of nitrogens with zero attached hydrogens (tertiary/aromatic N) is 1. The number of amides is 1. The first-order valence-corrected chi connectivity index (χ1v) is 7.61. The molecule has 0 fully saturated rings. The fourth-order valence-electron chi connectivity index (χ4n) is 3.45. The average Bonchev–Trinajstić information content (AvgIpc) is 2.58. The Hall–Kier alpha value is -2.49. The maximum atomic E-state index is 12.5. The Kier molecular flexibility index (Phi) is 3.03. The van der Waals surface area contributed by atoms with Crippen molar-refractivity contribution in [2.24, 2.45) is 0 Å². The van der Waals surface area contributed by atoms with Gasteiger partial charge in [-0.15, -0.1) is 0 Å². The SMILES string of the molecule is COc1ccc([C@H]2NC(=O)c3cccc4c3N2CCC4)cc1. The Balaban J connectivity index is 1.79. The zero-order valence-electron chi connectivity index (χ0n) is 12.5. The van der Waals surface area contributed by atoms with E-state index in [-0.39, 0.29) is 12.1 Å². The number of benzene rings is 2. The van der Waals surface area contributed by atoms with Crippen LogP contribution < -0.4 is 15.0 Å². The molecule has 0 saturated carbocycles. The molecule has 2 aliphatic heterocycles. The number of para-hydroxylation sites is 1. The van der Waals surface area contributed by atoms with Crippen molar-refractivity contribution >= 4 is 11.6 Å². The molecule has 0 aliphatic carbocycles. The summed E-state index contributed by atoms with van der Waals surface area (Å²) in [4.78, 5) is 14.8. The number of carbonyl (C=O) groups excluding carboxylic acids is 1. The van der Waals surface area contributed by atoms with E-state index in [0.717, 1.165) is 42.0 Å². The molecular formula is C18H18N2O2. The number of methoxy groups -OCH3 is 1. The van der Waals surface area contributed by atoms with Gasteiger partial charge in [0.25, 0.3) is 5.91 Å². The summed E-state index contributed by atoms with van der Waals surface area (Å²) >= 11 is 0. The molecule has 0 spiro atoms. The summed E-state index contributed by atoms with van der Waals surface area (Å²) in [6.45, 7) is 0.959. The highest BCUT2D eigenvalue weighted by molar-refractivity contribution is 6.03. The number of rotatable bonds is 2. The molecule has 112 valence electrons. The molecule has 1 amide bonds. The lowest BCUT2D eigenvalue weighted by Gasteiger charge is -2.42. The lowest BCUT2D eigenvalue weighted by atomic mass is 9.93. The number of aryl methyl sites for hydroxylation is 1. The van der Waals surface area contributed by atoms with Crippen LogP contribution in [0.25, 0.3) is 0 Å². The summed E-state index contributed by atoms with van der Waals surface area (Å²) in [7, 11) is 1.66. The van der Waals surface area contributed by atoms with Gasteiger partial charge in [0.2, 0.25) is 0 Å². The van der Waals surface area contributed by atoms with Crippen LogP contribution >= 0.6 is 0 Å². The lowest BCUT2D eigenvalue weighted by molar-refractivity contribution is 0.0925. The minimum atomic E-state index is -0.104. The van der Waals surface area contributed by atoms with Crippen molar-refractivity contribution in [2.75, 3.05) is 18.6 Å². The van der Waals surface area contributed by atoms with Gasteiger partial charge in [-0.05, 0) is 42.2 Å². The maximum absolute atomic E-state index is 12.5. The summed E-state index contributed by atoms with van der Waals surface area (Å²) in [6.07, 6.45) is 2.05. The van der Waals surface area contributed by atoms with Gasteiger partial charge < -0.3 is 15.0 Å². The third-order valence-electron chi connectivity index (χ3n) is 4.51. The molecule has 22 heavy (non-hydrogen) atoms. The molecule has 1 N–H and O–H groups in total. The van der Waals surface area contributed by atoms with Crippen LogP contribution in [0.4, 0.5) is 5.69 Å². The summed E-state index contributed by atoms with van der Waals surface area (Å²) in [5, 5.41) is 3.13. The van der Waals surface area contributed by atoms with Crippen LogP contribution in [-0.4, -0.2) is 19.6 Å². The molecule has 1 atom stereocenters. The first kappa shape index (κ1) is 13.2. The standard InChI is InChI=1S/C18H18N2O2/c1-22-14-9-7-13(8-10-14)17-19-18(21)15-6-2-4-12-5-3-11-20(17)16(12)15/h2,4,6-10,17H,3,5,11H2,1H3,(H,19,21)/t17-/m0/s1. The van der Waals surface area contributed by atoms with Gasteiger partial charge in [0.05, 0.1) is 18.4 Å². The van der Waals surface area contributed by atoms with Gasteiger partial charge in [0.15, 0.2) is 0 Å². The topological polar surface area (TPSA) is 41.6 Å². The Bertz CT molecular complexity index is 724. The van der Waals surface area contributed by atoms with Crippen molar-refractivity contribution in [3.8, 4) is 5.75 Å². The zero-order valence-corrected chi connectivity index (χ0v) is 12.5. The second kappa shape index (κ2) is 5.05. The van der Waals surface area contributed by atoms with Gasteiger partial charge in [0, 0.05) is 6.54 Å². The van der Waals surface area contributed by atoms with Crippen LogP contribution in [0.5, 0.6) is 5.75 Å². The van der Waals surface area contributed by atoms with Gasteiger partial charge in [0.1, 0.15) is 11.9 Å². The van der Waals surface area contributed by atoms with Crippen LogP contribution in [0.3, 0.4) is 0 Å². The third kappa shape index (κ3) is 1.95. The quantitative estimate of drug-likeness (QED) is 0.926. The number of hydrogen-bond acceptors (Lipinski definition) is 3. The highest BCUT2D eigenvalue weighted by Crippen LogP contribution is 2.39. The summed E-state index contributed by atoms with van der Waals surface area (Å²) in [5.41, 5.74) is 4.26. The summed E-state index contributed by atoms with van der Waals surface area (Å²) in [6, 6.07) is 13.9. The molecule has 4 heteroatoms. The fraction of sp³-hybridized carbons (Fsp3) is 0.278. The summed E-state index contributed by atoms with van der Waals surface area (Å²) < 4.78 is 5.22. The third-order valence-corrected chi connectivity index (χ3v) is 4.51. The van der Waals surface area contributed by atoms with Gasteiger partial charge in [-0.3, -0.25) is 4.79 Å². The predicted molar refractivity (Wildman–Crippen MR) is 85.3 cm³/mol. The molecular weight excluding hydrogens is 276 g/mol. The van der Waals surface area contributed by atoms with Crippen molar-refractivity contribution in [3.63, 3.8) is 0 Å². The molecule has 0 saturated heterocycles. The van der Waals surface area contributed by atoms with Crippen LogP contribution in [0.2, 0.25) is 0 Å². The van der Waals surface area contributed by atoms with E-state index in [4.69, 9.17) is 4.74 Å². The number of anilines is 1. The molecule has 4 rings (SSSR count). The van der Waals surface area contributed by atoms with E-state index >= 15 is 0 Å². The molecule has 4 nitrogen and oxygen atoms in total. The first-order valence-electron chi connectivity index (χ1n) is 7.61. The van der Waals surface area contributed by atoms with E-state index in [0.29, 0.717) is 0 Å². The van der Waals surface area contributed by atoms with Crippen molar-refractivity contribution in [3.05, 3.63) is 59.2 Å². The Morgan fingerprint density at radius 1 is 1.18 bits per heavy atom. The van der Waals surface area contributed by atoms with E-state index in [2.05, 4.69) is 16.3 Å². The Morgan fingerprint density at radius 3 is 2.77 bits per heavy atom. The molecule has 0 unspecified atom stereocenters. The number of hydrogen-bond donors (Lipinski definition) is 1. The van der Waals surface area contributed by atoms with Crippen LogP contribution in [0.15, 0.2) is 42.5 Å². The van der Waals surface area contributed by atoms with Crippen LogP contribution in [0.1, 0.15) is 34.1 Å². The van der Waals surface area contributed by atoms with Crippen LogP contribution in [0, 0.1) is 0 Å².